The third-order valence-corrected chi connectivity index (χ3v) is 3.76. The smallest absolute Gasteiger partial charge is 0.0827 e. The van der Waals surface area contributed by atoms with E-state index in [-0.39, 0.29) is 5.41 Å². The second-order valence-corrected chi connectivity index (χ2v) is 5.13. The Morgan fingerprint density at radius 3 is 2.75 bits per heavy atom. The molecule has 0 spiro atoms. The Balaban J connectivity index is 2.17. The molecule has 1 heteroatoms. The van der Waals surface area contributed by atoms with Crippen LogP contribution in [0.15, 0.2) is 24.3 Å². The van der Waals surface area contributed by atoms with E-state index in [9.17, 15) is 5.26 Å². The molecule has 0 atom stereocenters. The van der Waals surface area contributed by atoms with Gasteiger partial charge < -0.3 is 0 Å². The first kappa shape index (κ1) is 11.2. The van der Waals surface area contributed by atoms with E-state index in [1.54, 1.807) is 0 Å². The van der Waals surface area contributed by atoms with Crippen LogP contribution in [0.2, 0.25) is 0 Å². The first-order valence-electron chi connectivity index (χ1n) is 6.18. The van der Waals surface area contributed by atoms with Crippen LogP contribution in [-0.4, -0.2) is 0 Å². The van der Waals surface area contributed by atoms with Crippen LogP contribution in [0, 0.1) is 24.2 Å². The van der Waals surface area contributed by atoms with Crippen molar-refractivity contribution < 1.29 is 0 Å². The summed E-state index contributed by atoms with van der Waals surface area (Å²) in [4.78, 5) is 0. The van der Waals surface area contributed by atoms with Crippen molar-refractivity contribution in [2.75, 3.05) is 0 Å². The third kappa shape index (κ3) is 1.85. The molecule has 16 heavy (non-hydrogen) atoms. The standard InChI is InChI=1S/C15H19N/c1-3-5-13-9-15(10-13,11-16)14-7-4-6-12(2)8-14/h4,6-8,13H,3,5,9-10H2,1-2H3. The highest BCUT2D eigenvalue weighted by Crippen LogP contribution is 2.49. The highest BCUT2D eigenvalue weighted by Gasteiger charge is 2.45. The molecular formula is C15H19N. The van der Waals surface area contributed by atoms with E-state index in [1.165, 1.54) is 24.0 Å². The summed E-state index contributed by atoms with van der Waals surface area (Å²) >= 11 is 0. The lowest BCUT2D eigenvalue weighted by Gasteiger charge is -2.43. The lowest BCUT2D eigenvalue weighted by Crippen LogP contribution is -2.39. The minimum atomic E-state index is -0.175. The monoisotopic (exact) mass is 213 g/mol. The van der Waals surface area contributed by atoms with Crippen LogP contribution < -0.4 is 0 Å². The van der Waals surface area contributed by atoms with E-state index >= 15 is 0 Å². The topological polar surface area (TPSA) is 23.8 Å². The van der Waals surface area contributed by atoms with Crippen LogP contribution in [-0.2, 0) is 5.41 Å². The number of aryl methyl sites for hydroxylation is 1. The number of hydrogen-bond donors (Lipinski definition) is 0. The maximum absolute atomic E-state index is 9.42. The first-order chi connectivity index (χ1) is 7.70. The van der Waals surface area contributed by atoms with Crippen molar-refractivity contribution in [1.29, 1.82) is 5.26 Å². The molecule has 0 heterocycles. The molecule has 1 aromatic carbocycles. The number of hydrogen-bond acceptors (Lipinski definition) is 1. The molecule has 0 radical (unpaired) electrons. The van der Waals surface area contributed by atoms with Crippen molar-refractivity contribution in [1.82, 2.24) is 0 Å². The van der Waals surface area contributed by atoms with Gasteiger partial charge in [0, 0.05) is 0 Å². The quantitative estimate of drug-likeness (QED) is 0.745. The Hall–Kier alpha value is -1.29. The Bertz CT molecular complexity index is 408. The predicted octanol–water partition coefficient (Wildman–Crippen LogP) is 3.97. The van der Waals surface area contributed by atoms with E-state index in [4.69, 9.17) is 0 Å². The largest absolute Gasteiger partial charge is 0.197 e. The molecule has 0 unspecified atom stereocenters. The number of nitrogens with zero attached hydrogens (tertiary/aromatic N) is 1. The van der Waals surface area contributed by atoms with Crippen LogP contribution in [0.5, 0.6) is 0 Å². The average molecular weight is 213 g/mol. The fraction of sp³-hybridized carbons (Fsp3) is 0.533. The molecule has 0 saturated heterocycles. The normalized spacial score (nSPS) is 28.2. The van der Waals surface area contributed by atoms with Crippen molar-refractivity contribution in [2.24, 2.45) is 5.92 Å². The zero-order valence-electron chi connectivity index (χ0n) is 10.2. The third-order valence-electron chi connectivity index (χ3n) is 3.76. The number of benzene rings is 1. The molecule has 0 aliphatic heterocycles. The minimum Gasteiger partial charge on any atom is -0.197 e. The molecule has 1 aliphatic rings. The molecule has 0 amide bonds. The summed E-state index contributed by atoms with van der Waals surface area (Å²) in [6.45, 7) is 4.32. The van der Waals surface area contributed by atoms with E-state index in [0.717, 1.165) is 18.8 Å². The van der Waals surface area contributed by atoms with Gasteiger partial charge in [0.1, 0.15) is 0 Å². The molecule has 1 aromatic rings. The highest BCUT2D eigenvalue weighted by atomic mass is 14.5. The maximum Gasteiger partial charge on any atom is 0.0827 e. The van der Waals surface area contributed by atoms with E-state index < -0.39 is 0 Å². The van der Waals surface area contributed by atoms with Crippen molar-refractivity contribution in [3.63, 3.8) is 0 Å². The van der Waals surface area contributed by atoms with E-state index in [2.05, 4.69) is 44.2 Å². The Morgan fingerprint density at radius 2 is 2.19 bits per heavy atom. The molecule has 1 nitrogen and oxygen atoms in total. The van der Waals surface area contributed by atoms with Gasteiger partial charge in [0.05, 0.1) is 11.5 Å². The second-order valence-electron chi connectivity index (χ2n) is 5.13. The molecule has 84 valence electrons. The summed E-state index contributed by atoms with van der Waals surface area (Å²) in [5.74, 6) is 0.769. The summed E-state index contributed by atoms with van der Waals surface area (Å²) in [5, 5.41) is 9.42. The zero-order chi connectivity index (χ0) is 11.6. The van der Waals surface area contributed by atoms with Crippen LogP contribution >= 0.6 is 0 Å². The molecule has 1 aliphatic carbocycles. The van der Waals surface area contributed by atoms with Crippen molar-refractivity contribution in [3.8, 4) is 6.07 Å². The van der Waals surface area contributed by atoms with Gasteiger partial charge in [-0.05, 0) is 31.2 Å². The SMILES string of the molecule is CCCC1CC(C#N)(c2cccc(C)c2)C1. The van der Waals surface area contributed by atoms with Crippen LogP contribution in [0.4, 0.5) is 0 Å². The minimum absolute atomic E-state index is 0.175. The molecule has 1 saturated carbocycles. The van der Waals surface area contributed by atoms with E-state index in [1.807, 2.05) is 0 Å². The number of nitriles is 1. The van der Waals surface area contributed by atoms with E-state index in [0.29, 0.717) is 0 Å². The Labute approximate surface area is 98.1 Å². The van der Waals surface area contributed by atoms with Gasteiger partial charge in [-0.15, -0.1) is 0 Å². The van der Waals surface area contributed by atoms with Gasteiger partial charge in [-0.1, -0.05) is 49.6 Å². The first-order valence-corrected chi connectivity index (χ1v) is 6.18. The average Bonchev–Trinajstić information content (AvgIpc) is 2.23. The lowest BCUT2D eigenvalue weighted by atomic mass is 9.58. The number of rotatable bonds is 3. The van der Waals surface area contributed by atoms with Crippen molar-refractivity contribution >= 4 is 0 Å². The summed E-state index contributed by atoms with van der Waals surface area (Å²) in [6, 6.07) is 11.0. The summed E-state index contributed by atoms with van der Waals surface area (Å²) in [6.07, 6.45) is 4.62. The van der Waals surface area contributed by atoms with Gasteiger partial charge in [-0.3, -0.25) is 0 Å². The van der Waals surface area contributed by atoms with Gasteiger partial charge in [-0.25, -0.2) is 0 Å². The molecule has 1 fully saturated rings. The van der Waals surface area contributed by atoms with Crippen LogP contribution in [0.3, 0.4) is 0 Å². The van der Waals surface area contributed by atoms with Crippen molar-refractivity contribution in [3.05, 3.63) is 35.4 Å². The molecule has 0 aromatic heterocycles. The van der Waals surface area contributed by atoms with Gasteiger partial charge in [-0.2, -0.15) is 5.26 Å². The molecular weight excluding hydrogens is 194 g/mol. The van der Waals surface area contributed by atoms with Crippen molar-refractivity contribution in [2.45, 2.75) is 44.9 Å². The Morgan fingerprint density at radius 1 is 1.44 bits per heavy atom. The van der Waals surface area contributed by atoms with Gasteiger partial charge in [0.25, 0.3) is 0 Å². The van der Waals surface area contributed by atoms with Gasteiger partial charge in [0.15, 0.2) is 0 Å². The summed E-state index contributed by atoms with van der Waals surface area (Å²) in [5.41, 5.74) is 2.31. The fourth-order valence-corrected chi connectivity index (χ4v) is 2.87. The lowest BCUT2D eigenvalue weighted by molar-refractivity contribution is 0.184. The second kappa shape index (κ2) is 4.29. The zero-order valence-corrected chi connectivity index (χ0v) is 10.2. The highest BCUT2D eigenvalue weighted by molar-refractivity contribution is 5.38. The summed E-state index contributed by atoms with van der Waals surface area (Å²) < 4.78 is 0. The maximum atomic E-state index is 9.42. The van der Waals surface area contributed by atoms with Crippen LogP contribution in [0.25, 0.3) is 0 Å². The van der Waals surface area contributed by atoms with Gasteiger partial charge in [0.2, 0.25) is 0 Å². The fourth-order valence-electron chi connectivity index (χ4n) is 2.87. The molecule has 2 rings (SSSR count). The molecule has 0 N–H and O–H groups in total. The van der Waals surface area contributed by atoms with Crippen LogP contribution in [0.1, 0.15) is 43.7 Å². The predicted molar refractivity (Wildman–Crippen MR) is 66.1 cm³/mol. The summed E-state index contributed by atoms with van der Waals surface area (Å²) in [7, 11) is 0. The molecule has 0 bridgehead atoms. The Kier molecular flexibility index (Phi) is 3.01. The van der Waals surface area contributed by atoms with Gasteiger partial charge >= 0.3 is 0 Å².